The molecule has 4 aromatic rings. The molecule has 0 amide bonds. The van der Waals surface area contributed by atoms with Gasteiger partial charge in [-0.2, -0.15) is 0 Å². The van der Waals surface area contributed by atoms with Gasteiger partial charge in [0.1, 0.15) is 11.4 Å². The van der Waals surface area contributed by atoms with Crippen LogP contribution in [-0.4, -0.2) is 31.5 Å². The summed E-state index contributed by atoms with van der Waals surface area (Å²) in [5.41, 5.74) is 2.37. The molecule has 3 aromatic carbocycles. The molecule has 7 nitrogen and oxygen atoms in total. The van der Waals surface area contributed by atoms with Gasteiger partial charge in [-0.1, -0.05) is 24.3 Å². The predicted octanol–water partition coefficient (Wildman–Crippen LogP) is 4.11. The molecule has 5 rings (SSSR count). The average Bonchev–Trinajstić information content (AvgIpc) is 3.33. The van der Waals surface area contributed by atoms with Crippen molar-refractivity contribution >= 4 is 16.9 Å². The summed E-state index contributed by atoms with van der Waals surface area (Å²) in [4.78, 5) is 26.8. The number of nitrogens with zero attached hydrogens (tertiary/aromatic N) is 1. The van der Waals surface area contributed by atoms with Crippen molar-refractivity contribution in [2.75, 3.05) is 21.0 Å². The molecule has 0 atom stereocenters. The second kappa shape index (κ2) is 8.35. The number of para-hydroxylation sites is 1. The van der Waals surface area contributed by atoms with E-state index >= 15 is 0 Å². The molecule has 0 saturated heterocycles. The number of methoxy groups -OCH3 is 2. The fourth-order valence-corrected chi connectivity index (χ4v) is 4.12. The third kappa shape index (κ3) is 3.57. The van der Waals surface area contributed by atoms with E-state index in [1.807, 2.05) is 42.5 Å². The van der Waals surface area contributed by atoms with E-state index in [9.17, 15) is 9.59 Å². The molecule has 0 saturated carbocycles. The van der Waals surface area contributed by atoms with E-state index in [0.29, 0.717) is 33.7 Å². The van der Waals surface area contributed by atoms with Crippen LogP contribution in [0.2, 0.25) is 0 Å². The Hall–Kier alpha value is -4.26. The number of pyridine rings is 1. The number of carbonyl (C=O) groups is 1. The van der Waals surface area contributed by atoms with Crippen molar-refractivity contribution in [1.29, 1.82) is 0 Å². The molecule has 1 aliphatic rings. The normalized spacial score (nSPS) is 12.1. The molecule has 7 heteroatoms. The summed E-state index contributed by atoms with van der Waals surface area (Å²) in [6.45, 7) is 0.158. The van der Waals surface area contributed by atoms with E-state index in [1.54, 1.807) is 35.9 Å². The first-order valence-corrected chi connectivity index (χ1v) is 10.4. The third-order valence-electron chi connectivity index (χ3n) is 5.68. The van der Waals surface area contributed by atoms with Crippen LogP contribution in [0.1, 0.15) is 21.6 Å². The summed E-state index contributed by atoms with van der Waals surface area (Å²) in [6, 6.07) is 20.1. The van der Waals surface area contributed by atoms with Crippen LogP contribution in [0.4, 0.5) is 0 Å². The summed E-state index contributed by atoms with van der Waals surface area (Å²) >= 11 is 0. The van der Waals surface area contributed by atoms with Crippen molar-refractivity contribution in [1.82, 2.24) is 4.57 Å². The molecule has 166 valence electrons. The van der Waals surface area contributed by atoms with Crippen molar-refractivity contribution in [3.63, 3.8) is 0 Å². The van der Waals surface area contributed by atoms with Crippen molar-refractivity contribution in [3.05, 3.63) is 93.8 Å². The minimum absolute atomic E-state index is 0.158. The SMILES string of the molecule is COC(=O)c1c(Cc2ccc3c(c2)OCO3)c(=O)c2ccc(OC)cc2n1-c1ccccc1. The highest BCUT2D eigenvalue weighted by Gasteiger charge is 2.25. The lowest BCUT2D eigenvalue weighted by Gasteiger charge is -2.20. The van der Waals surface area contributed by atoms with Crippen molar-refractivity contribution in [2.45, 2.75) is 6.42 Å². The Morgan fingerprint density at radius 2 is 1.76 bits per heavy atom. The maximum atomic E-state index is 13.7. The number of aromatic nitrogens is 1. The standard InChI is InChI=1S/C26H21NO6/c1-30-18-9-10-19-21(14-18)27(17-6-4-3-5-7-17)24(26(29)31-2)20(25(19)28)12-16-8-11-22-23(13-16)33-15-32-22/h3-11,13-14H,12,15H2,1-2H3. The van der Waals surface area contributed by atoms with Crippen LogP contribution in [0.25, 0.3) is 16.6 Å². The number of ether oxygens (including phenoxy) is 4. The van der Waals surface area contributed by atoms with E-state index in [2.05, 4.69) is 0 Å². The monoisotopic (exact) mass is 443 g/mol. The molecule has 0 N–H and O–H groups in total. The molecule has 0 bridgehead atoms. The van der Waals surface area contributed by atoms with Gasteiger partial charge in [0.15, 0.2) is 16.9 Å². The van der Waals surface area contributed by atoms with Crippen LogP contribution in [-0.2, 0) is 11.2 Å². The van der Waals surface area contributed by atoms with Crippen LogP contribution in [0.15, 0.2) is 71.5 Å². The zero-order valence-electron chi connectivity index (χ0n) is 18.2. The first-order valence-electron chi connectivity index (χ1n) is 10.4. The highest BCUT2D eigenvalue weighted by molar-refractivity contribution is 5.95. The number of esters is 1. The number of fused-ring (bicyclic) bond motifs is 2. The minimum atomic E-state index is -0.601. The summed E-state index contributed by atoms with van der Waals surface area (Å²) in [7, 11) is 2.86. The summed E-state index contributed by atoms with van der Waals surface area (Å²) in [6.07, 6.45) is 0.217. The summed E-state index contributed by atoms with van der Waals surface area (Å²) in [5, 5.41) is 0.475. The van der Waals surface area contributed by atoms with Gasteiger partial charge in [0.25, 0.3) is 0 Å². The van der Waals surface area contributed by atoms with Gasteiger partial charge in [-0.3, -0.25) is 4.79 Å². The highest BCUT2D eigenvalue weighted by atomic mass is 16.7. The van der Waals surface area contributed by atoms with Crippen molar-refractivity contribution in [2.24, 2.45) is 0 Å². The van der Waals surface area contributed by atoms with Gasteiger partial charge < -0.3 is 23.5 Å². The Morgan fingerprint density at radius 3 is 2.52 bits per heavy atom. The minimum Gasteiger partial charge on any atom is -0.497 e. The average molecular weight is 443 g/mol. The molecule has 1 aromatic heterocycles. The van der Waals surface area contributed by atoms with E-state index in [4.69, 9.17) is 18.9 Å². The van der Waals surface area contributed by atoms with E-state index in [0.717, 1.165) is 11.3 Å². The lowest BCUT2D eigenvalue weighted by atomic mass is 9.99. The first-order chi connectivity index (χ1) is 16.1. The lowest BCUT2D eigenvalue weighted by molar-refractivity contribution is 0.0590. The predicted molar refractivity (Wildman–Crippen MR) is 123 cm³/mol. The number of hydrogen-bond donors (Lipinski definition) is 0. The summed E-state index contributed by atoms with van der Waals surface area (Å²) < 4.78 is 23.2. The highest BCUT2D eigenvalue weighted by Crippen LogP contribution is 2.34. The topological polar surface area (TPSA) is 76.0 Å². The third-order valence-corrected chi connectivity index (χ3v) is 5.68. The Balaban J connectivity index is 1.82. The fraction of sp³-hybridized carbons (Fsp3) is 0.154. The molecule has 1 aliphatic heterocycles. The quantitative estimate of drug-likeness (QED) is 0.432. The zero-order chi connectivity index (χ0) is 22.9. The second-order valence-corrected chi connectivity index (χ2v) is 7.57. The number of carbonyl (C=O) groups excluding carboxylic acids is 1. The zero-order valence-corrected chi connectivity index (χ0v) is 18.2. The maximum Gasteiger partial charge on any atom is 0.355 e. The molecular weight excluding hydrogens is 422 g/mol. The molecule has 0 radical (unpaired) electrons. The Labute approximate surface area is 189 Å². The molecule has 0 unspecified atom stereocenters. The van der Waals surface area contributed by atoms with Crippen molar-refractivity contribution < 1.29 is 23.7 Å². The van der Waals surface area contributed by atoms with E-state index < -0.39 is 5.97 Å². The number of rotatable bonds is 5. The van der Waals surface area contributed by atoms with Crippen LogP contribution < -0.4 is 19.6 Å². The molecule has 0 fully saturated rings. The van der Waals surface area contributed by atoms with Gasteiger partial charge in [0.2, 0.25) is 6.79 Å². The summed E-state index contributed by atoms with van der Waals surface area (Å²) in [5.74, 6) is 1.24. The van der Waals surface area contributed by atoms with Crippen LogP contribution in [0.3, 0.4) is 0 Å². The number of hydrogen-bond acceptors (Lipinski definition) is 6. The van der Waals surface area contributed by atoms with Gasteiger partial charge in [0.05, 0.1) is 19.7 Å². The van der Waals surface area contributed by atoms with Gasteiger partial charge in [-0.25, -0.2) is 4.79 Å². The first kappa shape index (κ1) is 20.6. The van der Waals surface area contributed by atoms with E-state index in [1.165, 1.54) is 7.11 Å². The molecule has 0 aliphatic carbocycles. The van der Waals surface area contributed by atoms with Gasteiger partial charge in [-0.05, 0) is 42.0 Å². The lowest BCUT2D eigenvalue weighted by Crippen LogP contribution is -2.24. The Kier molecular flexibility index (Phi) is 5.22. The van der Waals surface area contributed by atoms with Crippen LogP contribution in [0, 0.1) is 0 Å². The Bertz CT molecular complexity index is 1420. The molecular formula is C26H21NO6. The smallest absolute Gasteiger partial charge is 0.355 e. The largest absolute Gasteiger partial charge is 0.497 e. The van der Waals surface area contributed by atoms with Crippen LogP contribution >= 0.6 is 0 Å². The van der Waals surface area contributed by atoms with E-state index in [-0.39, 0.29) is 24.3 Å². The maximum absolute atomic E-state index is 13.7. The number of benzene rings is 3. The molecule has 0 spiro atoms. The van der Waals surface area contributed by atoms with Gasteiger partial charge in [-0.15, -0.1) is 0 Å². The molecule has 2 heterocycles. The molecule has 33 heavy (non-hydrogen) atoms. The fourth-order valence-electron chi connectivity index (χ4n) is 4.12. The second-order valence-electron chi connectivity index (χ2n) is 7.57. The van der Waals surface area contributed by atoms with Crippen LogP contribution in [0.5, 0.6) is 17.2 Å². The Morgan fingerprint density at radius 1 is 0.970 bits per heavy atom. The van der Waals surface area contributed by atoms with Gasteiger partial charge in [0, 0.05) is 29.1 Å². The van der Waals surface area contributed by atoms with Crippen molar-refractivity contribution in [3.8, 4) is 22.9 Å². The van der Waals surface area contributed by atoms with Gasteiger partial charge >= 0.3 is 5.97 Å².